The van der Waals surface area contributed by atoms with Crippen LogP contribution in [0.15, 0.2) is 65.5 Å². The molecule has 0 saturated heterocycles. The summed E-state index contributed by atoms with van der Waals surface area (Å²) in [6.07, 6.45) is 3.51. The van der Waals surface area contributed by atoms with Gasteiger partial charge in [-0.05, 0) is 36.4 Å². The maximum absolute atomic E-state index is 5.60. The highest BCUT2D eigenvalue weighted by molar-refractivity contribution is 5.75. The highest BCUT2D eigenvalue weighted by Gasteiger charge is 2.09. The third-order valence-corrected chi connectivity index (χ3v) is 3.75. The molecule has 2 aromatic carbocycles. The summed E-state index contributed by atoms with van der Waals surface area (Å²) in [7, 11) is 1.65. The van der Waals surface area contributed by atoms with Crippen LogP contribution in [0.2, 0.25) is 0 Å². The lowest BCUT2D eigenvalue weighted by Gasteiger charge is -2.00. The molecule has 0 amide bonds. The summed E-state index contributed by atoms with van der Waals surface area (Å²) in [6, 6.07) is 15.7. The number of oxazole rings is 1. The van der Waals surface area contributed by atoms with Gasteiger partial charge in [-0.15, -0.1) is 0 Å². The predicted molar refractivity (Wildman–Crippen MR) is 87.3 cm³/mol. The third-order valence-electron chi connectivity index (χ3n) is 3.75. The van der Waals surface area contributed by atoms with Gasteiger partial charge in [0.25, 0.3) is 0 Å². The van der Waals surface area contributed by atoms with Crippen LogP contribution in [-0.2, 0) is 6.54 Å². The first-order valence-electron chi connectivity index (χ1n) is 7.32. The summed E-state index contributed by atoms with van der Waals surface area (Å²) in [5.74, 6) is 1.41. The molecule has 0 atom stereocenters. The van der Waals surface area contributed by atoms with E-state index in [4.69, 9.17) is 9.15 Å². The number of rotatable bonds is 4. The van der Waals surface area contributed by atoms with Crippen LogP contribution in [-0.4, -0.2) is 21.6 Å². The van der Waals surface area contributed by atoms with Crippen molar-refractivity contribution in [3.05, 3.63) is 66.8 Å². The quantitative estimate of drug-likeness (QED) is 0.576. The van der Waals surface area contributed by atoms with Gasteiger partial charge in [-0.1, -0.05) is 12.1 Å². The summed E-state index contributed by atoms with van der Waals surface area (Å²) in [5.41, 5.74) is 3.85. The minimum absolute atomic E-state index is 0.604. The lowest BCUT2D eigenvalue weighted by Crippen LogP contribution is -1.98. The van der Waals surface area contributed by atoms with E-state index >= 15 is 0 Å². The standard InChI is InChI=1S/C18H15N3O2/c1-22-15-8-6-13(7-9-15)18-20-14(11-23-18)10-21-12-19-16-4-2-3-5-17(16)21/h2-9,11-12H,10H2,1H3. The Kier molecular flexibility index (Phi) is 3.31. The molecule has 0 radical (unpaired) electrons. The van der Waals surface area contributed by atoms with Crippen molar-refractivity contribution < 1.29 is 9.15 Å². The number of fused-ring (bicyclic) bond motifs is 1. The number of ether oxygens (including phenoxy) is 1. The molecule has 23 heavy (non-hydrogen) atoms. The second kappa shape index (κ2) is 5.61. The molecule has 2 heterocycles. The Hall–Kier alpha value is -3.08. The number of benzene rings is 2. The molecular weight excluding hydrogens is 290 g/mol. The molecule has 0 spiro atoms. The fraction of sp³-hybridized carbons (Fsp3) is 0.111. The van der Waals surface area contributed by atoms with E-state index in [1.54, 1.807) is 13.4 Å². The number of imidazole rings is 1. The van der Waals surface area contributed by atoms with Gasteiger partial charge in [0, 0.05) is 5.56 Å². The van der Waals surface area contributed by atoms with Gasteiger partial charge in [0.15, 0.2) is 0 Å². The van der Waals surface area contributed by atoms with Gasteiger partial charge in [0.05, 0.1) is 36.7 Å². The van der Waals surface area contributed by atoms with Crippen molar-refractivity contribution >= 4 is 11.0 Å². The Morgan fingerprint density at radius 1 is 1.09 bits per heavy atom. The second-order valence-corrected chi connectivity index (χ2v) is 5.23. The Morgan fingerprint density at radius 2 is 1.91 bits per heavy atom. The largest absolute Gasteiger partial charge is 0.497 e. The SMILES string of the molecule is COc1ccc(-c2nc(Cn3cnc4ccccc43)co2)cc1. The van der Waals surface area contributed by atoms with Crippen LogP contribution >= 0.6 is 0 Å². The lowest BCUT2D eigenvalue weighted by atomic mass is 10.2. The maximum atomic E-state index is 5.60. The Morgan fingerprint density at radius 3 is 2.74 bits per heavy atom. The summed E-state index contributed by atoms with van der Waals surface area (Å²) >= 11 is 0. The van der Waals surface area contributed by atoms with E-state index in [1.807, 2.05) is 54.9 Å². The molecule has 5 heteroatoms. The number of para-hydroxylation sites is 2. The number of hydrogen-bond acceptors (Lipinski definition) is 4. The van der Waals surface area contributed by atoms with Gasteiger partial charge in [0.2, 0.25) is 5.89 Å². The second-order valence-electron chi connectivity index (χ2n) is 5.23. The Bertz CT molecular complexity index is 938. The molecule has 0 N–H and O–H groups in total. The van der Waals surface area contributed by atoms with Crippen molar-refractivity contribution in [1.29, 1.82) is 0 Å². The smallest absolute Gasteiger partial charge is 0.226 e. The average molecular weight is 305 g/mol. The number of aromatic nitrogens is 3. The van der Waals surface area contributed by atoms with Crippen LogP contribution in [0.1, 0.15) is 5.69 Å². The van der Waals surface area contributed by atoms with Crippen LogP contribution in [0, 0.1) is 0 Å². The minimum Gasteiger partial charge on any atom is -0.497 e. The highest BCUT2D eigenvalue weighted by atomic mass is 16.5. The molecular formula is C18H15N3O2. The molecule has 0 fully saturated rings. The summed E-state index contributed by atoms with van der Waals surface area (Å²) in [6.45, 7) is 0.625. The van der Waals surface area contributed by atoms with Gasteiger partial charge in [-0.3, -0.25) is 0 Å². The highest BCUT2D eigenvalue weighted by Crippen LogP contribution is 2.22. The molecule has 4 aromatic rings. The maximum Gasteiger partial charge on any atom is 0.226 e. The van der Waals surface area contributed by atoms with Crippen molar-refractivity contribution in [2.24, 2.45) is 0 Å². The van der Waals surface area contributed by atoms with E-state index in [0.717, 1.165) is 28.0 Å². The minimum atomic E-state index is 0.604. The molecule has 5 nitrogen and oxygen atoms in total. The molecule has 0 saturated carbocycles. The fourth-order valence-corrected chi connectivity index (χ4v) is 2.56. The Balaban J connectivity index is 1.60. The van der Waals surface area contributed by atoms with E-state index in [2.05, 4.69) is 14.5 Å². The lowest BCUT2D eigenvalue weighted by molar-refractivity contribution is 0.415. The first-order chi connectivity index (χ1) is 11.3. The molecule has 4 rings (SSSR count). The Labute approximate surface area is 133 Å². The predicted octanol–water partition coefficient (Wildman–Crippen LogP) is 3.75. The topological polar surface area (TPSA) is 53.1 Å². The zero-order valence-corrected chi connectivity index (χ0v) is 12.6. The molecule has 0 bridgehead atoms. The van der Waals surface area contributed by atoms with E-state index in [-0.39, 0.29) is 0 Å². The van der Waals surface area contributed by atoms with Crippen molar-refractivity contribution in [3.8, 4) is 17.2 Å². The van der Waals surface area contributed by atoms with Gasteiger partial charge >= 0.3 is 0 Å². The monoisotopic (exact) mass is 305 g/mol. The zero-order chi connectivity index (χ0) is 15.6. The van der Waals surface area contributed by atoms with Crippen molar-refractivity contribution in [2.75, 3.05) is 7.11 Å². The van der Waals surface area contributed by atoms with Gasteiger partial charge < -0.3 is 13.7 Å². The molecule has 0 unspecified atom stereocenters. The van der Waals surface area contributed by atoms with E-state index in [1.165, 1.54) is 0 Å². The first kappa shape index (κ1) is 13.6. The van der Waals surface area contributed by atoms with Gasteiger partial charge in [0.1, 0.15) is 12.0 Å². The molecule has 114 valence electrons. The van der Waals surface area contributed by atoms with Crippen LogP contribution < -0.4 is 4.74 Å². The van der Waals surface area contributed by atoms with E-state index < -0.39 is 0 Å². The number of methoxy groups -OCH3 is 1. The summed E-state index contributed by atoms with van der Waals surface area (Å²) < 4.78 is 12.8. The van der Waals surface area contributed by atoms with Crippen LogP contribution in [0.25, 0.3) is 22.5 Å². The van der Waals surface area contributed by atoms with Crippen LogP contribution in [0.5, 0.6) is 5.75 Å². The van der Waals surface area contributed by atoms with Crippen LogP contribution in [0.3, 0.4) is 0 Å². The summed E-state index contributed by atoms with van der Waals surface area (Å²) in [4.78, 5) is 8.95. The zero-order valence-electron chi connectivity index (χ0n) is 12.6. The van der Waals surface area contributed by atoms with Crippen molar-refractivity contribution in [2.45, 2.75) is 6.54 Å². The normalized spacial score (nSPS) is 11.0. The van der Waals surface area contributed by atoms with Crippen molar-refractivity contribution in [1.82, 2.24) is 14.5 Å². The molecule has 0 aliphatic carbocycles. The summed E-state index contributed by atoms with van der Waals surface area (Å²) in [5, 5.41) is 0. The molecule has 2 aromatic heterocycles. The number of nitrogens with zero attached hydrogens (tertiary/aromatic N) is 3. The van der Waals surface area contributed by atoms with Crippen molar-refractivity contribution in [3.63, 3.8) is 0 Å². The molecule has 0 aliphatic heterocycles. The van der Waals surface area contributed by atoms with Gasteiger partial charge in [-0.2, -0.15) is 0 Å². The van der Waals surface area contributed by atoms with E-state index in [0.29, 0.717) is 12.4 Å². The molecule has 0 aliphatic rings. The third kappa shape index (κ3) is 2.57. The average Bonchev–Trinajstić information content (AvgIpc) is 3.23. The fourth-order valence-electron chi connectivity index (χ4n) is 2.56. The van der Waals surface area contributed by atoms with Gasteiger partial charge in [-0.25, -0.2) is 9.97 Å². The number of hydrogen-bond donors (Lipinski definition) is 0. The first-order valence-corrected chi connectivity index (χ1v) is 7.32. The van der Waals surface area contributed by atoms with Crippen LogP contribution in [0.4, 0.5) is 0 Å². The van der Waals surface area contributed by atoms with E-state index in [9.17, 15) is 0 Å².